The Morgan fingerprint density at radius 2 is 1.83 bits per heavy atom. The predicted molar refractivity (Wildman–Crippen MR) is 74.8 cm³/mol. The van der Waals surface area contributed by atoms with E-state index in [1.165, 1.54) is 0 Å². The Balaban J connectivity index is 2.18. The molecule has 100 valence electrons. The molecule has 1 aliphatic heterocycles. The Morgan fingerprint density at radius 1 is 1.22 bits per heavy atom. The van der Waals surface area contributed by atoms with Crippen molar-refractivity contribution in [2.75, 3.05) is 11.9 Å². The van der Waals surface area contributed by atoms with Crippen LogP contribution in [0.3, 0.4) is 0 Å². The van der Waals surface area contributed by atoms with Crippen LogP contribution in [-0.4, -0.2) is 34.4 Å². The van der Waals surface area contributed by atoms with E-state index in [-0.39, 0.29) is 11.1 Å². The number of nitrogens with zero attached hydrogens (tertiary/aromatic N) is 3. The maximum absolute atomic E-state index is 4.20. The summed E-state index contributed by atoms with van der Waals surface area (Å²) in [6.07, 6.45) is 3.95. The van der Waals surface area contributed by atoms with Crippen LogP contribution in [0.1, 0.15) is 40.5 Å². The third-order valence-electron chi connectivity index (χ3n) is 3.64. The standard InChI is InChI=1S/C14H24N4/c1-13(2)9-11(10-14(3,4)17-13)18(5)12-7-6-8-15-16-12/h6-8,11,17H,9-10H2,1-5H3. The molecular formula is C14H24N4. The molecule has 0 saturated carbocycles. The average molecular weight is 248 g/mol. The van der Waals surface area contributed by atoms with Gasteiger partial charge in [-0.25, -0.2) is 0 Å². The molecule has 2 rings (SSSR count). The van der Waals surface area contributed by atoms with Gasteiger partial charge in [0.25, 0.3) is 0 Å². The summed E-state index contributed by atoms with van der Waals surface area (Å²) in [5, 5.41) is 11.9. The van der Waals surface area contributed by atoms with Crippen LogP contribution in [-0.2, 0) is 0 Å². The van der Waals surface area contributed by atoms with Gasteiger partial charge in [0.05, 0.1) is 0 Å². The first-order chi connectivity index (χ1) is 8.29. The quantitative estimate of drug-likeness (QED) is 0.871. The van der Waals surface area contributed by atoms with Crippen molar-refractivity contribution in [3.8, 4) is 0 Å². The molecule has 1 aromatic heterocycles. The van der Waals surface area contributed by atoms with Gasteiger partial charge in [0.2, 0.25) is 0 Å². The van der Waals surface area contributed by atoms with Gasteiger partial charge < -0.3 is 10.2 Å². The third kappa shape index (κ3) is 2.99. The van der Waals surface area contributed by atoms with E-state index in [1.54, 1.807) is 6.20 Å². The normalized spacial score (nSPS) is 22.7. The molecule has 18 heavy (non-hydrogen) atoms. The number of rotatable bonds is 2. The molecule has 4 heteroatoms. The highest BCUT2D eigenvalue weighted by Crippen LogP contribution is 2.32. The predicted octanol–water partition coefficient (Wildman–Crippen LogP) is 2.22. The van der Waals surface area contributed by atoms with Gasteiger partial charge in [-0.05, 0) is 52.7 Å². The Kier molecular flexibility index (Phi) is 3.32. The zero-order chi connectivity index (χ0) is 13.4. The summed E-state index contributed by atoms with van der Waals surface area (Å²) in [4.78, 5) is 2.26. The molecule has 1 fully saturated rings. The van der Waals surface area contributed by atoms with Crippen LogP contribution >= 0.6 is 0 Å². The number of piperidine rings is 1. The van der Waals surface area contributed by atoms with E-state index in [4.69, 9.17) is 0 Å². The maximum atomic E-state index is 4.20. The highest BCUT2D eigenvalue weighted by Gasteiger charge is 2.39. The topological polar surface area (TPSA) is 41.1 Å². The first-order valence-electron chi connectivity index (χ1n) is 6.59. The number of anilines is 1. The van der Waals surface area contributed by atoms with Gasteiger partial charge in [-0.15, -0.1) is 5.10 Å². The molecule has 1 aliphatic rings. The van der Waals surface area contributed by atoms with Crippen molar-refractivity contribution in [3.63, 3.8) is 0 Å². The minimum Gasteiger partial charge on any atom is -0.355 e. The molecule has 0 unspecified atom stereocenters. The van der Waals surface area contributed by atoms with Crippen molar-refractivity contribution in [2.45, 2.75) is 57.7 Å². The Hall–Kier alpha value is -1.16. The SMILES string of the molecule is CN(c1cccnn1)C1CC(C)(C)NC(C)(C)C1. The lowest BCUT2D eigenvalue weighted by atomic mass is 9.79. The molecule has 1 N–H and O–H groups in total. The summed E-state index contributed by atoms with van der Waals surface area (Å²) in [6.45, 7) is 9.08. The molecule has 0 bridgehead atoms. The van der Waals surface area contributed by atoms with E-state index in [0.29, 0.717) is 6.04 Å². The van der Waals surface area contributed by atoms with Crippen LogP contribution in [0, 0.1) is 0 Å². The number of hydrogen-bond donors (Lipinski definition) is 1. The van der Waals surface area contributed by atoms with Gasteiger partial charge in [0.15, 0.2) is 5.82 Å². The fraction of sp³-hybridized carbons (Fsp3) is 0.714. The van der Waals surface area contributed by atoms with Crippen molar-refractivity contribution in [3.05, 3.63) is 18.3 Å². The summed E-state index contributed by atoms with van der Waals surface area (Å²) >= 11 is 0. The molecule has 0 aliphatic carbocycles. The second-order valence-corrected chi connectivity index (χ2v) is 6.65. The molecule has 0 spiro atoms. The van der Waals surface area contributed by atoms with Crippen LogP contribution in [0.15, 0.2) is 18.3 Å². The zero-order valence-electron chi connectivity index (χ0n) is 12.1. The monoisotopic (exact) mass is 248 g/mol. The van der Waals surface area contributed by atoms with Crippen molar-refractivity contribution in [1.29, 1.82) is 0 Å². The molecule has 0 radical (unpaired) electrons. The second kappa shape index (κ2) is 4.50. The van der Waals surface area contributed by atoms with Crippen LogP contribution in [0.4, 0.5) is 5.82 Å². The van der Waals surface area contributed by atoms with Gasteiger partial charge in [0.1, 0.15) is 0 Å². The molecule has 1 aromatic rings. The fourth-order valence-electron chi connectivity index (χ4n) is 3.21. The zero-order valence-corrected chi connectivity index (χ0v) is 12.1. The van der Waals surface area contributed by atoms with E-state index in [9.17, 15) is 0 Å². The summed E-state index contributed by atoms with van der Waals surface area (Å²) < 4.78 is 0. The first kappa shape index (κ1) is 13.3. The van der Waals surface area contributed by atoms with Gasteiger partial charge in [-0.3, -0.25) is 0 Å². The second-order valence-electron chi connectivity index (χ2n) is 6.65. The van der Waals surface area contributed by atoms with Gasteiger partial charge in [-0.1, -0.05) is 0 Å². The van der Waals surface area contributed by atoms with E-state index < -0.39 is 0 Å². The van der Waals surface area contributed by atoms with Gasteiger partial charge in [-0.2, -0.15) is 5.10 Å². The van der Waals surface area contributed by atoms with Gasteiger partial charge >= 0.3 is 0 Å². The molecule has 0 atom stereocenters. The van der Waals surface area contributed by atoms with E-state index >= 15 is 0 Å². The van der Waals surface area contributed by atoms with Crippen LogP contribution in [0.5, 0.6) is 0 Å². The summed E-state index contributed by atoms with van der Waals surface area (Å²) in [6, 6.07) is 4.46. The lowest BCUT2D eigenvalue weighted by Crippen LogP contribution is -2.62. The van der Waals surface area contributed by atoms with Crippen LogP contribution < -0.4 is 10.2 Å². The van der Waals surface area contributed by atoms with Crippen molar-refractivity contribution in [1.82, 2.24) is 15.5 Å². The molecule has 0 aromatic carbocycles. The first-order valence-corrected chi connectivity index (χ1v) is 6.59. The van der Waals surface area contributed by atoms with E-state index in [0.717, 1.165) is 18.7 Å². The largest absolute Gasteiger partial charge is 0.355 e. The lowest BCUT2D eigenvalue weighted by molar-refractivity contribution is 0.160. The third-order valence-corrected chi connectivity index (χ3v) is 3.64. The Morgan fingerprint density at radius 3 is 2.33 bits per heavy atom. The minimum atomic E-state index is 0.156. The molecular weight excluding hydrogens is 224 g/mol. The fourth-order valence-corrected chi connectivity index (χ4v) is 3.21. The lowest BCUT2D eigenvalue weighted by Gasteiger charge is -2.49. The van der Waals surface area contributed by atoms with E-state index in [1.807, 2.05) is 12.1 Å². The van der Waals surface area contributed by atoms with Crippen molar-refractivity contribution >= 4 is 5.82 Å². The summed E-state index contributed by atoms with van der Waals surface area (Å²) in [7, 11) is 2.12. The van der Waals surface area contributed by atoms with Crippen molar-refractivity contribution < 1.29 is 0 Å². The van der Waals surface area contributed by atoms with E-state index in [2.05, 4.69) is 55.2 Å². The minimum absolute atomic E-state index is 0.156. The summed E-state index contributed by atoms with van der Waals surface area (Å²) in [5.41, 5.74) is 0.311. The summed E-state index contributed by atoms with van der Waals surface area (Å²) in [5.74, 6) is 0.955. The maximum Gasteiger partial charge on any atom is 0.151 e. The average Bonchev–Trinajstić information content (AvgIpc) is 2.25. The number of aromatic nitrogens is 2. The molecule has 4 nitrogen and oxygen atoms in total. The number of nitrogens with one attached hydrogen (secondary N) is 1. The van der Waals surface area contributed by atoms with Crippen LogP contribution in [0.25, 0.3) is 0 Å². The molecule has 1 saturated heterocycles. The smallest absolute Gasteiger partial charge is 0.151 e. The molecule has 0 amide bonds. The van der Waals surface area contributed by atoms with Gasteiger partial charge in [0, 0.05) is 30.4 Å². The van der Waals surface area contributed by atoms with Crippen LogP contribution in [0.2, 0.25) is 0 Å². The highest BCUT2D eigenvalue weighted by atomic mass is 15.3. The number of hydrogen-bond acceptors (Lipinski definition) is 4. The highest BCUT2D eigenvalue weighted by molar-refractivity contribution is 5.37. The van der Waals surface area contributed by atoms with Crippen molar-refractivity contribution in [2.24, 2.45) is 0 Å². The Labute approximate surface area is 110 Å². The molecule has 2 heterocycles. The Bertz CT molecular complexity index is 384.